The molecule has 1 atom stereocenters. The monoisotopic (exact) mass is 687 g/mol. The van der Waals surface area contributed by atoms with Crippen LogP contribution < -0.4 is 14.7 Å². The molecule has 0 N–H and O–H groups in total. The molecule has 0 spiro atoms. The van der Waals surface area contributed by atoms with Crippen molar-refractivity contribution in [2.75, 3.05) is 27.8 Å². The van der Waals surface area contributed by atoms with E-state index in [1.807, 2.05) is 0 Å². The van der Waals surface area contributed by atoms with Gasteiger partial charge < -0.3 is 14.7 Å². The number of nitrogens with zero attached hydrogens (tertiary/aromatic N) is 3. The maximum Gasteiger partial charge on any atom is 0.0568 e. The Kier molecular flexibility index (Phi) is 10.3. The van der Waals surface area contributed by atoms with Gasteiger partial charge in [-0.1, -0.05) is 145 Å². The Morgan fingerprint density at radius 2 is 1.23 bits per heavy atom. The molecule has 0 saturated carbocycles. The summed E-state index contributed by atoms with van der Waals surface area (Å²) < 4.78 is 0. The van der Waals surface area contributed by atoms with Crippen LogP contribution in [-0.4, -0.2) is 19.1 Å². The number of fused-ring (bicyclic) bond motifs is 2. The molecule has 0 radical (unpaired) electrons. The highest BCUT2D eigenvalue weighted by Gasteiger charge is 2.43. The lowest BCUT2D eigenvalue weighted by atomic mass is 9.80. The number of allylic oxidation sites excluding steroid dienone is 6. The molecule has 4 aromatic carbocycles. The van der Waals surface area contributed by atoms with Gasteiger partial charge in [-0.2, -0.15) is 0 Å². The van der Waals surface area contributed by atoms with E-state index in [0.29, 0.717) is 0 Å². The van der Waals surface area contributed by atoms with Gasteiger partial charge in [-0.25, -0.2) is 0 Å². The number of hydrogen-bond acceptors (Lipinski definition) is 3. The quantitative estimate of drug-likeness (QED) is 0.147. The summed E-state index contributed by atoms with van der Waals surface area (Å²) in [6.07, 6.45) is 16.7. The maximum absolute atomic E-state index is 2.67. The van der Waals surface area contributed by atoms with E-state index in [2.05, 4.69) is 190 Å². The van der Waals surface area contributed by atoms with E-state index in [1.54, 1.807) is 0 Å². The van der Waals surface area contributed by atoms with E-state index in [-0.39, 0.29) is 16.9 Å². The minimum Gasteiger partial charge on any atom is -0.364 e. The molecule has 0 amide bonds. The summed E-state index contributed by atoms with van der Waals surface area (Å²) in [5.74, 6) is 0. The molecule has 2 aliphatic heterocycles. The molecule has 3 aliphatic rings. The fourth-order valence-corrected chi connectivity index (χ4v) is 8.87. The average Bonchev–Trinajstić information content (AvgIpc) is 3.73. The zero-order valence-corrected chi connectivity index (χ0v) is 32.3. The lowest BCUT2D eigenvalue weighted by Gasteiger charge is -2.33. The van der Waals surface area contributed by atoms with Crippen LogP contribution in [0.15, 0.2) is 156 Å². The van der Waals surface area contributed by atoms with Gasteiger partial charge in [0.05, 0.1) is 11.7 Å². The molecule has 52 heavy (non-hydrogen) atoms. The molecule has 0 fully saturated rings. The highest BCUT2D eigenvalue weighted by Crippen LogP contribution is 2.49. The summed E-state index contributed by atoms with van der Waals surface area (Å²) >= 11 is 0. The van der Waals surface area contributed by atoms with E-state index in [4.69, 9.17) is 0 Å². The molecule has 0 aromatic heterocycles. The van der Waals surface area contributed by atoms with Crippen LogP contribution in [0.2, 0.25) is 0 Å². The second-order valence-electron chi connectivity index (χ2n) is 15.9. The number of unbranched alkanes of at least 4 members (excludes halogenated alkanes) is 2. The van der Waals surface area contributed by atoms with Gasteiger partial charge >= 0.3 is 0 Å². The molecule has 0 saturated heterocycles. The number of anilines is 4. The van der Waals surface area contributed by atoms with Crippen LogP contribution in [0.4, 0.5) is 22.7 Å². The molecule has 0 bridgehead atoms. The first-order chi connectivity index (χ1) is 25.3. The Morgan fingerprint density at radius 1 is 0.654 bits per heavy atom. The molecule has 268 valence electrons. The van der Waals surface area contributed by atoms with Gasteiger partial charge in [0.15, 0.2) is 0 Å². The first-order valence-corrected chi connectivity index (χ1v) is 19.7. The van der Waals surface area contributed by atoms with E-state index >= 15 is 0 Å². The molecular weight excluding hydrogens is 631 g/mol. The van der Waals surface area contributed by atoms with Gasteiger partial charge in [-0.3, -0.25) is 0 Å². The first-order valence-electron chi connectivity index (χ1n) is 19.7. The Labute approximate surface area is 313 Å². The van der Waals surface area contributed by atoms with Crippen molar-refractivity contribution in [2.24, 2.45) is 0 Å². The molecule has 4 aromatic rings. The fourth-order valence-electron chi connectivity index (χ4n) is 8.87. The molecule has 1 unspecified atom stereocenters. The van der Waals surface area contributed by atoms with Gasteiger partial charge in [0, 0.05) is 52.4 Å². The van der Waals surface area contributed by atoms with E-state index in [1.165, 1.54) is 82.1 Å². The highest BCUT2D eigenvalue weighted by atomic mass is 15.2. The van der Waals surface area contributed by atoms with E-state index < -0.39 is 0 Å². The molecule has 2 heterocycles. The van der Waals surface area contributed by atoms with Crippen LogP contribution in [-0.2, 0) is 10.8 Å². The van der Waals surface area contributed by atoms with Gasteiger partial charge in [-0.05, 0) is 90.4 Å². The average molecular weight is 688 g/mol. The second-order valence-corrected chi connectivity index (χ2v) is 15.9. The molecule has 3 nitrogen and oxygen atoms in total. The van der Waals surface area contributed by atoms with Gasteiger partial charge in [0.1, 0.15) is 0 Å². The standard InChI is InChI=1S/C49H57N3/c1-7-9-35-50-43-27-19-17-25-41(43)48(3,4)45(50)33-31-37-29-30-38(47(37)52(39-21-13-11-14-22-39)40-23-15-12-16-24-40)32-34-46-49(5,6)42-26-18-20-28-44(42)51(46)36-10-8-2/h11-28,31-34,45H,7-10,29-30,35-36H2,1-6H3. The maximum atomic E-state index is 2.67. The minimum absolute atomic E-state index is 0.00675. The van der Waals surface area contributed by atoms with Crippen molar-refractivity contribution in [1.82, 2.24) is 0 Å². The number of rotatable bonds is 12. The summed E-state index contributed by atoms with van der Waals surface area (Å²) in [6, 6.07) is 40.3. The molecular formula is C49H57N3. The first kappa shape index (κ1) is 35.6. The lowest BCUT2D eigenvalue weighted by molar-refractivity contribution is 0.471. The van der Waals surface area contributed by atoms with Crippen molar-refractivity contribution in [3.63, 3.8) is 0 Å². The SMILES string of the molecule is CCCCN1C(=CC=C2CCC(C=CC3N(CCCC)c4ccccc4C3(C)C)=C2N(c2ccccc2)c2ccccc2)C(C)(C)c2ccccc21. The highest BCUT2D eigenvalue weighted by molar-refractivity contribution is 5.75. The minimum atomic E-state index is -0.0732. The van der Waals surface area contributed by atoms with Crippen molar-refractivity contribution in [3.8, 4) is 0 Å². The summed E-state index contributed by atoms with van der Waals surface area (Å²) in [6.45, 7) is 16.4. The normalized spacial score (nSPS) is 20.4. The predicted molar refractivity (Wildman–Crippen MR) is 224 cm³/mol. The van der Waals surface area contributed by atoms with Crippen LogP contribution in [0.3, 0.4) is 0 Å². The van der Waals surface area contributed by atoms with Crippen molar-refractivity contribution in [1.29, 1.82) is 0 Å². The third-order valence-corrected chi connectivity index (χ3v) is 11.7. The zero-order valence-electron chi connectivity index (χ0n) is 32.3. The Hall–Kier alpha value is -4.76. The molecule has 3 heteroatoms. The smallest absolute Gasteiger partial charge is 0.0568 e. The summed E-state index contributed by atoms with van der Waals surface area (Å²) in [7, 11) is 0. The van der Waals surface area contributed by atoms with Gasteiger partial charge in [-0.15, -0.1) is 0 Å². The fraction of sp³-hybridized carbons (Fsp3) is 0.347. The van der Waals surface area contributed by atoms with Gasteiger partial charge in [0.2, 0.25) is 0 Å². The van der Waals surface area contributed by atoms with Crippen molar-refractivity contribution < 1.29 is 0 Å². The Bertz CT molecular complexity index is 1940. The van der Waals surface area contributed by atoms with Crippen LogP contribution in [0.25, 0.3) is 0 Å². The Balaban J connectivity index is 1.37. The van der Waals surface area contributed by atoms with Crippen LogP contribution >= 0.6 is 0 Å². The van der Waals surface area contributed by atoms with Gasteiger partial charge in [0.25, 0.3) is 0 Å². The lowest BCUT2D eigenvalue weighted by Crippen LogP contribution is -2.40. The number of hydrogen-bond donors (Lipinski definition) is 0. The Morgan fingerprint density at radius 3 is 1.88 bits per heavy atom. The largest absolute Gasteiger partial charge is 0.364 e. The number of benzene rings is 4. The van der Waals surface area contributed by atoms with Crippen molar-refractivity contribution in [3.05, 3.63) is 167 Å². The van der Waals surface area contributed by atoms with E-state index in [0.717, 1.165) is 25.9 Å². The van der Waals surface area contributed by atoms with Crippen LogP contribution in [0.1, 0.15) is 91.2 Å². The molecule has 7 rings (SSSR count). The van der Waals surface area contributed by atoms with Crippen molar-refractivity contribution >= 4 is 22.7 Å². The third kappa shape index (κ3) is 6.55. The van der Waals surface area contributed by atoms with Crippen LogP contribution in [0, 0.1) is 0 Å². The summed E-state index contributed by atoms with van der Waals surface area (Å²) in [5.41, 5.74) is 13.4. The topological polar surface area (TPSA) is 9.72 Å². The van der Waals surface area contributed by atoms with Crippen LogP contribution in [0.5, 0.6) is 0 Å². The van der Waals surface area contributed by atoms with E-state index in [9.17, 15) is 0 Å². The third-order valence-electron chi connectivity index (χ3n) is 11.7. The predicted octanol–water partition coefficient (Wildman–Crippen LogP) is 12.8. The van der Waals surface area contributed by atoms with Crippen molar-refractivity contribution in [2.45, 2.75) is 96.9 Å². The summed E-state index contributed by atoms with van der Waals surface area (Å²) in [4.78, 5) is 7.76. The number of para-hydroxylation sites is 4. The summed E-state index contributed by atoms with van der Waals surface area (Å²) in [5, 5.41) is 0. The molecule has 1 aliphatic carbocycles. The zero-order chi connectivity index (χ0) is 36.3. The second kappa shape index (κ2) is 15.1.